The van der Waals surface area contributed by atoms with E-state index in [1.165, 1.54) is 22.9 Å². The van der Waals surface area contributed by atoms with E-state index in [2.05, 4.69) is 66.8 Å². The molecule has 3 aromatic rings. The van der Waals surface area contributed by atoms with Crippen LogP contribution in [0.2, 0.25) is 0 Å². The molecule has 0 radical (unpaired) electrons. The van der Waals surface area contributed by atoms with Gasteiger partial charge in [-0.15, -0.1) is 0 Å². The van der Waals surface area contributed by atoms with Crippen molar-refractivity contribution in [1.82, 2.24) is 9.47 Å². The molecule has 28 heavy (non-hydrogen) atoms. The molecule has 1 aromatic heterocycles. The molecule has 0 amide bonds. The van der Waals surface area contributed by atoms with Gasteiger partial charge >= 0.3 is 0 Å². The van der Waals surface area contributed by atoms with Gasteiger partial charge < -0.3 is 4.57 Å². The van der Waals surface area contributed by atoms with E-state index in [0.717, 1.165) is 13.1 Å². The number of benzene rings is 2. The van der Waals surface area contributed by atoms with Crippen LogP contribution in [0.3, 0.4) is 0 Å². The van der Waals surface area contributed by atoms with Crippen LogP contribution in [0.25, 0.3) is 0 Å². The summed E-state index contributed by atoms with van der Waals surface area (Å²) >= 11 is 0. The van der Waals surface area contributed by atoms with Gasteiger partial charge in [0.1, 0.15) is 0 Å². The van der Waals surface area contributed by atoms with E-state index in [9.17, 15) is 8.78 Å². The fourth-order valence-electron chi connectivity index (χ4n) is 3.60. The first-order valence-corrected chi connectivity index (χ1v) is 9.77. The van der Waals surface area contributed by atoms with Gasteiger partial charge in [0.25, 0.3) is 0 Å². The molecule has 2 aromatic carbocycles. The molecule has 0 saturated heterocycles. The molecule has 0 N–H and O–H groups in total. The maximum absolute atomic E-state index is 14.2. The van der Waals surface area contributed by atoms with Crippen molar-refractivity contribution < 1.29 is 8.78 Å². The first-order chi connectivity index (χ1) is 13.4. The van der Waals surface area contributed by atoms with Crippen molar-refractivity contribution in [2.75, 3.05) is 6.54 Å². The Hall–Kier alpha value is -2.46. The number of hydrogen-bond acceptors (Lipinski definition) is 1. The molecule has 2 nitrogen and oxygen atoms in total. The van der Waals surface area contributed by atoms with Gasteiger partial charge in [0.05, 0.1) is 0 Å². The lowest BCUT2D eigenvalue weighted by atomic mass is 10.1. The molecule has 4 heteroatoms. The van der Waals surface area contributed by atoms with Crippen LogP contribution in [-0.2, 0) is 19.6 Å². The Balaban J connectivity index is 1.78. The van der Waals surface area contributed by atoms with E-state index in [0.29, 0.717) is 24.6 Å². The summed E-state index contributed by atoms with van der Waals surface area (Å²) in [6.45, 7) is 9.06. The minimum absolute atomic E-state index is 0.386. The minimum Gasteiger partial charge on any atom is -0.346 e. The molecule has 0 bridgehead atoms. The Morgan fingerprint density at radius 2 is 1.75 bits per heavy atom. The summed E-state index contributed by atoms with van der Waals surface area (Å²) in [5.41, 5.74) is 4.06. The van der Waals surface area contributed by atoms with Crippen LogP contribution in [0.5, 0.6) is 0 Å². The Kier molecular flexibility index (Phi) is 6.63. The fourth-order valence-corrected chi connectivity index (χ4v) is 3.60. The van der Waals surface area contributed by atoms with E-state index < -0.39 is 11.6 Å². The number of aromatic nitrogens is 1. The van der Waals surface area contributed by atoms with Gasteiger partial charge in [0, 0.05) is 43.6 Å². The van der Waals surface area contributed by atoms with Gasteiger partial charge in [-0.25, -0.2) is 8.78 Å². The van der Waals surface area contributed by atoms with E-state index in [-0.39, 0.29) is 0 Å². The third-order valence-electron chi connectivity index (χ3n) is 4.79. The van der Waals surface area contributed by atoms with E-state index >= 15 is 0 Å². The molecular weight excluding hydrogens is 354 g/mol. The summed E-state index contributed by atoms with van der Waals surface area (Å²) in [5.74, 6) is -1.10. The van der Waals surface area contributed by atoms with Crippen molar-refractivity contribution in [2.45, 2.75) is 40.4 Å². The van der Waals surface area contributed by atoms with Crippen molar-refractivity contribution in [1.29, 1.82) is 0 Å². The van der Waals surface area contributed by atoms with Crippen LogP contribution >= 0.6 is 0 Å². The molecule has 3 rings (SSSR count). The lowest BCUT2D eigenvalue weighted by molar-refractivity contribution is 0.219. The predicted octanol–water partition coefficient (Wildman–Crippen LogP) is 5.78. The first kappa shape index (κ1) is 20.3. The number of nitrogens with zero attached hydrogens (tertiary/aromatic N) is 2. The largest absolute Gasteiger partial charge is 0.346 e. The minimum atomic E-state index is -0.787. The molecule has 0 aliphatic heterocycles. The third-order valence-corrected chi connectivity index (χ3v) is 4.79. The average molecular weight is 382 g/mol. The van der Waals surface area contributed by atoms with E-state index in [1.54, 1.807) is 12.1 Å². The van der Waals surface area contributed by atoms with E-state index in [4.69, 9.17) is 0 Å². The summed E-state index contributed by atoms with van der Waals surface area (Å²) in [7, 11) is 0. The van der Waals surface area contributed by atoms with Gasteiger partial charge in [-0.1, -0.05) is 55.8 Å². The summed E-state index contributed by atoms with van der Waals surface area (Å²) < 4.78 is 30.0. The Morgan fingerprint density at radius 1 is 0.964 bits per heavy atom. The lowest BCUT2D eigenvalue weighted by Gasteiger charge is -2.25. The highest BCUT2D eigenvalue weighted by Gasteiger charge is 2.15. The molecule has 0 spiro atoms. The maximum Gasteiger partial charge on any atom is 0.163 e. The average Bonchev–Trinajstić information content (AvgIpc) is 3.05. The highest BCUT2D eigenvalue weighted by molar-refractivity contribution is 5.24. The summed E-state index contributed by atoms with van der Waals surface area (Å²) in [4.78, 5) is 2.19. The smallest absolute Gasteiger partial charge is 0.163 e. The lowest BCUT2D eigenvalue weighted by Crippen LogP contribution is -2.28. The molecule has 148 valence electrons. The highest BCUT2D eigenvalue weighted by atomic mass is 19.2. The van der Waals surface area contributed by atoms with Gasteiger partial charge in [-0.3, -0.25) is 4.90 Å². The van der Waals surface area contributed by atoms with Crippen molar-refractivity contribution in [3.63, 3.8) is 0 Å². The van der Waals surface area contributed by atoms with Gasteiger partial charge in [-0.2, -0.15) is 0 Å². The molecule has 0 fully saturated rings. The topological polar surface area (TPSA) is 8.17 Å². The van der Waals surface area contributed by atoms with Crippen LogP contribution in [0.4, 0.5) is 8.78 Å². The molecule has 0 aliphatic carbocycles. The van der Waals surface area contributed by atoms with Crippen LogP contribution < -0.4 is 0 Å². The SMILES string of the molecule is Cc1cccc(Cn2cccc2CN(Cc2cccc(F)c2F)CC(C)C)c1. The van der Waals surface area contributed by atoms with Crippen molar-refractivity contribution in [3.8, 4) is 0 Å². The quantitative estimate of drug-likeness (QED) is 0.479. The standard InChI is InChI=1S/C24H28F2N2/c1-18(2)14-27(16-21-9-5-11-23(25)24(21)26)17-22-10-6-12-28(22)15-20-8-4-7-19(3)13-20/h4-13,18H,14-17H2,1-3H3. The predicted molar refractivity (Wildman–Crippen MR) is 110 cm³/mol. The maximum atomic E-state index is 14.2. The van der Waals surface area contributed by atoms with Crippen molar-refractivity contribution in [3.05, 3.63) is 94.8 Å². The monoisotopic (exact) mass is 382 g/mol. The number of hydrogen-bond donors (Lipinski definition) is 0. The zero-order valence-corrected chi connectivity index (χ0v) is 16.8. The number of halogens is 2. The van der Waals surface area contributed by atoms with Crippen molar-refractivity contribution >= 4 is 0 Å². The van der Waals surface area contributed by atoms with Crippen LogP contribution in [-0.4, -0.2) is 16.0 Å². The van der Waals surface area contributed by atoms with Gasteiger partial charge in [-0.05, 0) is 36.6 Å². The van der Waals surface area contributed by atoms with E-state index in [1.807, 2.05) is 6.07 Å². The summed E-state index contributed by atoms with van der Waals surface area (Å²) in [6.07, 6.45) is 2.08. The zero-order chi connectivity index (χ0) is 20.1. The molecule has 0 aliphatic rings. The zero-order valence-electron chi connectivity index (χ0n) is 16.8. The normalized spacial score (nSPS) is 11.5. The van der Waals surface area contributed by atoms with Crippen LogP contribution in [0.1, 0.15) is 36.2 Å². The Labute approximate surface area is 166 Å². The van der Waals surface area contributed by atoms with Crippen LogP contribution in [0, 0.1) is 24.5 Å². The molecular formula is C24H28F2N2. The van der Waals surface area contributed by atoms with Crippen molar-refractivity contribution in [2.24, 2.45) is 5.92 Å². The Bertz CT molecular complexity index is 914. The third kappa shape index (κ3) is 5.29. The molecule has 0 saturated carbocycles. The summed E-state index contributed by atoms with van der Waals surface area (Å²) in [5, 5.41) is 0. The van der Waals surface area contributed by atoms with Gasteiger partial charge in [0.15, 0.2) is 11.6 Å². The second-order valence-corrected chi connectivity index (χ2v) is 7.89. The number of rotatable bonds is 8. The molecule has 1 heterocycles. The highest BCUT2D eigenvalue weighted by Crippen LogP contribution is 2.18. The molecule has 0 atom stereocenters. The Morgan fingerprint density at radius 3 is 2.50 bits per heavy atom. The van der Waals surface area contributed by atoms with Crippen LogP contribution in [0.15, 0.2) is 60.8 Å². The first-order valence-electron chi connectivity index (χ1n) is 9.77. The van der Waals surface area contributed by atoms with Gasteiger partial charge in [0.2, 0.25) is 0 Å². The molecule has 0 unspecified atom stereocenters. The fraction of sp³-hybridized carbons (Fsp3) is 0.333. The number of aryl methyl sites for hydroxylation is 1. The second kappa shape index (κ2) is 9.16. The summed E-state index contributed by atoms with van der Waals surface area (Å²) in [6, 6.07) is 17.0. The second-order valence-electron chi connectivity index (χ2n) is 7.89.